The van der Waals surface area contributed by atoms with Gasteiger partial charge in [-0.05, 0) is 55.6 Å². The molecule has 1 heterocycles. The first-order valence-electron chi connectivity index (χ1n) is 6.82. The minimum Gasteiger partial charge on any atom is -0.319 e. The van der Waals surface area contributed by atoms with Gasteiger partial charge in [-0.1, -0.05) is 24.3 Å². The monoisotopic (exact) mass is 254 g/mol. The van der Waals surface area contributed by atoms with Crippen LogP contribution in [-0.4, -0.2) is 18.6 Å². The molecule has 2 heteroatoms. The number of likely N-dealkylation sites (N-methyl/N-ethyl adjacent to an activating group) is 1. The molecule has 0 saturated heterocycles. The van der Waals surface area contributed by atoms with Gasteiger partial charge >= 0.3 is 0 Å². The summed E-state index contributed by atoms with van der Waals surface area (Å²) in [5.41, 5.74) is 5.47. The first-order chi connectivity index (χ1) is 9.22. The van der Waals surface area contributed by atoms with Crippen LogP contribution in [0.3, 0.4) is 0 Å². The number of benzene rings is 1. The van der Waals surface area contributed by atoms with Crippen LogP contribution in [0, 0.1) is 13.8 Å². The van der Waals surface area contributed by atoms with E-state index in [1.807, 2.05) is 19.4 Å². The Morgan fingerprint density at radius 3 is 2.58 bits per heavy atom. The fourth-order valence-corrected chi connectivity index (χ4v) is 2.59. The van der Waals surface area contributed by atoms with Gasteiger partial charge in [0.25, 0.3) is 0 Å². The van der Waals surface area contributed by atoms with E-state index in [1.54, 1.807) is 0 Å². The molecular formula is C17H22N2. The Hall–Kier alpha value is -1.67. The van der Waals surface area contributed by atoms with Gasteiger partial charge in [0, 0.05) is 24.9 Å². The fraction of sp³-hybridized carbons (Fsp3) is 0.353. The Bertz CT molecular complexity index is 534. The summed E-state index contributed by atoms with van der Waals surface area (Å²) < 4.78 is 0. The second kappa shape index (κ2) is 6.48. The molecule has 1 aromatic carbocycles. The SMILES string of the molecule is CNC[C@H](Cc1ccccc1C)c1ccncc1C. The van der Waals surface area contributed by atoms with Gasteiger partial charge in [-0.15, -0.1) is 0 Å². The lowest BCUT2D eigenvalue weighted by Crippen LogP contribution is -2.20. The van der Waals surface area contributed by atoms with Gasteiger partial charge in [-0.2, -0.15) is 0 Å². The quantitative estimate of drug-likeness (QED) is 0.886. The molecule has 0 fully saturated rings. The molecule has 0 amide bonds. The minimum atomic E-state index is 0.495. The number of hydrogen-bond acceptors (Lipinski definition) is 2. The van der Waals surface area contributed by atoms with Gasteiger partial charge < -0.3 is 5.32 Å². The summed E-state index contributed by atoms with van der Waals surface area (Å²) in [6.45, 7) is 5.31. The van der Waals surface area contributed by atoms with Crippen LogP contribution in [0.2, 0.25) is 0 Å². The highest BCUT2D eigenvalue weighted by Crippen LogP contribution is 2.24. The van der Waals surface area contributed by atoms with Gasteiger partial charge in [0.05, 0.1) is 0 Å². The predicted molar refractivity (Wildman–Crippen MR) is 80.5 cm³/mol. The molecule has 0 radical (unpaired) electrons. The van der Waals surface area contributed by atoms with Crippen LogP contribution in [-0.2, 0) is 6.42 Å². The average molecular weight is 254 g/mol. The van der Waals surface area contributed by atoms with E-state index in [0.717, 1.165) is 13.0 Å². The third-order valence-corrected chi connectivity index (χ3v) is 3.68. The molecule has 1 atom stereocenters. The molecule has 1 aromatic heterocycles. The molecule has 1 N–H and O–H groups in total. The van der Waals surface area contributed by atoms with Crippen LogP contribution in [0.4, 0.5) is 0 Å². The third-order valence-electron chi connectivity index (χ3n) is 3.68. The molecule has 0 aliphatic carbocycles. The zero-order chi connectivity index (χ0) is 13.7. The average Bonchev–Trinajstić information content (AvgIpc) is 2.41. The van der Waals surface area contributed by atoms with Crippen LogP contribution in [0.1, 0.15) is 28.2 Å². The lowest BCUT2D eigenvalue weighted by Gasteiger charge is -2.20. The molecule has 0 unspecified atom stereocenters. The van der Waals surface area contributed by atoms with E-state index in [2.05, 4.69) is 54.5 Å². The minimum absolute atomic E-state index is 0.495. The van der Waals surface area contributed by atoms with Gasteiger partial charge in [-0.25, -0.2) is 0 Å². The van der Waals surface area contributed by atoms with E-state index < -0.39 is 0 Å². The van der Waals surface area contributed by atoms with E-state index in [-0.39, 0.29) is 0 Å². The lowest BCUT2D eigenvalue weighted by atomic mass is 9.88. The maximum atomic E-state index is 4.19. The fourth-order valence-electron chi connectivity index (χ4n) is 2.59. The van der Waals surface area contributed by atoms with Crippen LogP contribution in [0.15, 0.2) is 42.7 Å². The van der Waals surface area contributed by atoms with E-state index in [0.29, 0.717) is 5.92 Å². The first-order valence-corrected chi connectivity index (χ1v) is 6.82. The van der Waals surface area contributed by atoms with Crippen molar-refractivity contribution in [2.24, 2.45) is 0 Å². The maximum Gasteiger partial charge on any atom is 0.0299 e. The van der Waals surface area contributed by atoms with Crippen molar-refractivity contribution < 1.29 is 0 Å². The molecule has 19 heavy (non-hydrogen) atoms. The van der Waals surface area contributed by atoms with Crippen molar-refractivity contribution in [1.29, 1.82) is 0 Å². The predicted octanol–water partition coefficient (Wildman–Crippen LogP) is 3.24. The van der Waals surface area contributed by atoms with E-state index in [4.69, 9.17) is 0 Å². The zero-order valence-corrected chi connectivity index (χ0v) is 12.0. The number of rotatable bonds is 5. The summed E-state index contributed by atoms with van der Waals surface area (Å²) >= 11 is 0. The molecule has 2 rings (SSSR count). The molecule has 0 aliphatic heterocycles. The second-order valence-electron chi connectivity index (χ2n) is 5.12. The van der Waals surface area contributed by atoms with Crippen molar-refractivity contribution in [3.63, 3.8) is 0 Å². The molecule has 0 saturated carbocycles. The summed E-state index contributed by atoms with van der Waals surface area (Å²) in [6, 6.07) is 10.8. The summed E-state index contributed by atoms with van der Waals surface area (Å²) in [5, 5.41) is 3.31. The first kappa shape index (κ1) is 13.8. The highest BCUT2D eigenvalue weighted by Gasteiger charge is 2.14. The summed E-state index contributed by atoms with van der Waals surface area (Å²) in [4.78, 5) is 4.19. The topological polar surface area (TPSA) is 24.9 Å². The van der Waals surface area contributed by atoms with Gasteiger partial charge in [0.1, 0.15) is 0 Å². The van der Waals surface area contributed by atoms with Crippen LogP contribution in [0.25, 0.3) is 0 Å². The summed E-state index contributed by atoms with van der Waals surface area (Å²) in [7, 11) is 2.02. The van der Waals surface area contributed by atoms with Crippen molar-refractivity contribution in [2.45, 2.75) is 26.2 Å². The van der Waals surface area contributed by atoms with Gasteiger partial charge in [0.2, 0.25) is 0 Å². The van der Waals surface area contributed by atoms with Crippen molar-refractivity contribution in [3.8, 4) is 0 Å². The third kappa shape index (κ3) is 3.42. The van der Waals surface area contributed by atoms with Crippen molar-refractivity contribution in [3.05, 3.63) is 65.0 Å². The molecule has 0 bridgehead atoms. The van der Waals surface area contributed by atoms with E-state index in [9.17, 15) is 0 Å². The van der Waals surface area contributed by atoms with Crippen molar-refractivity contribution in [2.75, 3.05) is 13.6 Å². The Labute approximate surface area is 115 Å². The second-order valence-corrected chi connectivity index (χ2v) is 5.12. The molecule has 0 spiro atoms. The van der Waals surface area contributed by atoms with Crippen molar-refractivity contribution in [1.82, 2.24) is 10.3 Å². The Balaban J connectivity index is 2.27. The normalized spacial score (nSPS) is 12.4. The lowest BCUT2D eigenvalue weighted by molar-refractivity contribution is 0.620. The Kier molecular flexibility index (Phi) is 4.69. The highest BCUT2D eigenvalue weighted by molar-refractivity contribution is 5.32. The summed E-state index contributed by atoms with van der Waals surface area (Å²) in [6.07, 6.45) is 4.91. The van der Waals surface area contributed by atoms with Crippen molar-refractivity contribution >= 4 is 0 Å². The maximum absolute atomic E-state index is 4.19. The smallest absolute Gasteiger partial charge is 0.0299 e. The number of pyridine rings is 1. The number of aromatic nitrogens is 1. The highest BCUT2D eigenvalue weighted by atomic mass is 14.8. The largest absolute Gasteiger partial charge is 0.319 e. The Morgan fingerprint density at radius 1 is 1.11 bits per heavy atom. The standard InChI is InChI=1S/C17H22N2/c1-13-6-4-5-7-15(13)10-16(12-18-3)17-8-9-19-11-14(17)2/h4-9,11,16,18H,10,12H2,1-3H3/t16-/m0/s1. The van der Waals surface area contributed by atoms with Gasteiger partial charge in [-0.3, -0.25) is 4.98 Å². The summed E-state index contributed by atoms with van der Waals surface area (Å²) in [5.74, 6) is 0.495. The number of nitrogens with zero attached hydrogens (tertiary/aromatic N) is 1. The van der Waals surface area contributed by atoms with E-state index >= 15 is 0 Å². The molecule has 100 valence electrons. The van der Waals surface area contributed by atoms with Crippen LogP contribution >= 0.6 is 0 Å². The molecular weight excluding hydrogens is 232 g/mol. The van der Waals surface area contributed by atoms with E-state index in [1.165, 1.54) is 22.3 Å². The number of hydrogen-bond donors (Lipinski definition) is 1. The molecule has 2 nitrogen and oxygen atoms in total. The zero-order valence-electron chi connectivity index (χ0n) is 12.0. The number of nitrogens with one attached hydrogen (secondary N) is 1. The molecule has 0 aliphatic rings. The molecule has 2 aromatic rings. The van der Waals surface area contributed by atoms with Crippen LogP contribution < -0.4 is 5.32 Å². The Morgan fingerprint density at radius 2 is 1.89 bits per heavy atom. The number of aryl methyl sites for hydroxylation is 2. The van der Waals surface area contributed by atoms with Gasteiger partial charge in [0.15, 0.2) is 0 Å². The van der Waals surface area contributed by atoms with Crippen LogP contribution in [0.5, 0.6) is 0 Å².